The quantitative estimate of drug-likeness (QED) is 0.368. The van der Waals surface area contributed by atoms with E-state index in [4.69, 9.17) is 4.74 Å². The Morgan fingerprint density at radius 3 is 2.33 bits per heavy atom. The second-order valence-electron chi connectivity index (χ2n) is 10.9. The lowest BCUT2D eigenvalue weighted by atomic mass is 10.1. The molecule has 0 unspecified atom stereocenters. The van der Waals surface area contributed by atoms with Crippen LogP contribution in [0.5, 0.6) is 0 Å². The van der Waals surface area contributed by atoms with Gasteiger partial charge in [0.05, 0.1) is 27.8 Å². The Balaban J connectivity index is 1.37. The highest BCUT2D eigenvalue weighted by Crippen LogP contribution is 2.29. The molecule has 13 heteroatoms. The standard InChI is InChI=1S/C27H33N5O6S2/c1-18-5-10-23(25-24(18)20(15-28)16-29-25)31-39(34,35)17-19-6-8-21(9-7-19)30-40(36,37)22-11-13-32(14-12-22)26(33)38-27(2,3)4/h5-10,16,22,29-31H,11-14,17H2,1-4H3. The van der Waals surface area contributed by atoms with Gasteiger partial charge >= 0.3 is 6.09 Å². The fraction of sp³-hybridized carbons (Fsp3) is 0.407. The zero-order valence-electron chi connectivity index (χ0n) is 22.8. The number of sulfonamides is 2. The van der Waals surface area contributed by atoms with Crippen LogP contribution in [0.4, 0.5) is 16.2 Å². The van der Waals surface area contributed by atoms with Crippen LogP contribution in [-0.4, -0.2) is 56.8 Å². The predicted octanol–water partition coefficient (Wildman–Crippen LogP) is 4.43. The molecule has 4 rings (SSSR count). The van der Waals surface area contributed by atoms with Crippen LogP contribution in [0, 0.1) is 18.3 Å². The first kappa shape index (κ1) is 29.2. The number of nitriles is 1. The summed E-state index contributed by atoms with van der Waals surface area (Å²) < 4.78 is 62.2. The summed E-state index contributed by atoms with van der Waals surface area (Å²) in [6.45, 7) is 7.73. The second-order valence-corrected chi connectivity index (χ2v) is 14.5. The number of carbonyl (C=O) groups is 1. The predicted molar refractivity (Wildman–Crippen MR) is 154 cm³/mol. The summed E-state index contributed by atoms with van der Waals surface area (Å²) in [5.74, 6) is -0.329. The Morgan fingerprint density at radius 2 is 1.73 bits per heavy atom. The van der Waals surface area contributed by atoms with E-state index in [0.29, 0.717) is 33.4 Å². The van der Waals surface area contributed by atoms with Crippen molar-refractivity contribution < 1.29 is 26.4 Å². The minimum Gasteiger partial charge on any atom is -0.444 e. The van der Waals surface area contributed by atoms with Crippen LogP contribution in [0.1, 0.15) is 50.3 Å². The van der Waals surface area contributed by atoms with Crippen molar-refractivity contribution >= 4 is 48.4 Å². The summed E-state index contributed by atoms with van der Waals surface area (Å²) in [5, 5.41) is 9.32. The SMILES string of the molecule is Cc1ccc(NS(=O)(=O)Cc2ccc(NS(=O)(=O)C3CCN(C(=O)OC(C)(C)C)CC3)cc2)c2[nH]cc(C#N)c12. The lowest BCUT2D eigenvalue weighted by molar-refractivity contribution is 0.0217. The van der Waals surface area contributed by atoms with Gasteiger partial charge in [-0.3, -0.25) is 9.44 Å². The zero-order valence-corrected chi connectivity index (χ0v) is 24.4. The summed E-state index contributed by atoms with van der Waals surface area (Å²) in [5.41, 5.74) is 2.31. The third kappa shape index (κ3) is 6.86. The van der Waals surface area contributed by atoms with Crippen molar-refractivity contribution in [3.63, 3.8) is 0 Å². The number of benzene rings is 2. The van der Waals surface area contributed by atoms with Gasteiger partial charge in [-0.2, -0.15) is 5.26 Å². The molecule has 3 aromatic rings. The van der Waals surface area contributed by atoms with E-state index < -0.39 is 37.0 Å². The van der Waals surface area contributed by atoms with Gasteiger partial charge in [-0.15, -0.1) is 0 Å². The number of rotatable bonds is 7. The van der Waals surface area contributed by atoms with Gasteiger partial charge in [-0.05, 0) is 69.9 Å². The summed E-state index contributed by atoms with van der Waals surface area (Å²) in [6.07, 6.45) is 1.64. The number of ether oxygens (including phenoxy) is 1. The van der Waals surface area contributed by atoms with Gasteiger partial charge in [-0.25, -0.2) is 21.6 Å². The van der Waals surface area contributed by atoms with Crippen LogP contribution in [0.15, 0.2) is 42.6 Å². The van der Waals surface area contributed by atoms with Gasteiger partial charge in [0.1, 0.15) is 11.7 Å². The maximum Gasteiger partial charge on any atom is 0.410 e. The number of piperidine rings is 1. The lowest BCUT2D eigenvalue weighted by Crippen LogP contribution is -2.45. The fourth-order valence-corrected chi connectivity index (χ4v) is 7.28. The smallest absolute Gasteiger partial charge is 0.410 e. The number of amides is 1. The average Bonchev–Trinajstić information content (AvgIpc) is 3.31. The van der Waals surface area contributed by atoms with E-state index >= 15 is 0 Å². The van der Waals surface area contributed by atoms with Gasteiger partial charge in [0, 0.05) is 30.4 Å². The van der Waals surface area contributed by atoms with Crippen molar-refractivity contribution in [2.24, 2.45) is 0 Å². The molecule has 0 spiro atoms. The molecule has 1 fully saturated rings. The number of hydrogen-bond donors (Lipinski definition) is 3. The van der Waals surface area contributed by atoms with Crippen LogP contribution >= 0.6 is 0 Å². The van der Waals surface area contributed by atoms with Crippen LogP contribution in [0.2, 0.25) is 0 Å². The van der Waals surface area contributed by atoms with Crippen molar-refractivity contribution in [3.8, 4) is 6.07 Å². The van der Waals surface area contributed by atoms with Crippen molar-refractivity contribution in [1.82, 2.24) is 9.88 Å². The second kappa shape index (κ2) is 11.0. The third-order valence-electron chi connectivity index (χ3n) is 6.53. The van der Waals surface area contributed by atoms with Crippen molar-refractivity contribution in [2.75, 3.05) is 22.5 Å². The molecule has 1 saturated heterocycles. The molecule has 2 heterocycles. The molecule has 1 aliphatic heterocycles. The number of nitrogens with one attached hydrogen (secondary N) is 3. The number of anilines is 2. The van der Waals surface area contributed by atoms with Gasteiger partial charge in [0.15, 0.2) is 0 Å². The molecule has 0 radical (unpaired) electrons. The van der Waals surface area contributed by atoms with Crippen LogP contribution in [0.25, 0.3) is 10.9 Å². The molecule has 2 aromatic carbocycles. The van der Waals surface area contributed by atoms with Crippen molar-refractivity contribution in [2.45, 2.75) is 57.1 Å². The van der Waals surface area contributed by atoms with Gasteiger partial charge in [0.2, 0.25) is 20.0 Å². The van der Waals surface area contributed by atoms with Crippen LogP contribution in [0.3, 0.4) is 0 Å². The molecular formula is C27H33N5O6S2. The number of aryl methyl sites for hydroxylation is 1. The highest BCUT2D eigenvalue weighted by Gasteiger charge is 2.33. The molecular weight excluding hydrogens is 554 g/mol. The lowest BCUT2D eigenvalue weighted by Gasteiger charge is -2.33. The molecule has 3 N–H and O–H groups in total. The molecule has 0 bridgehead atoms. The first-order valence-corrected chi connectivity index (χ1v) is 16.0. The van der Waals surface area contributed by atoms with Crippen molar-refractivity contribution in [1.29, 1.82) is 5.26 Å². The fourth-order valence-electron chi connectivity index (χ4n) is 4.61. The number of aromatic amines is 1. The zero-order chi connectivity index (χ0) is 29.3. The maximum atomic E-state index is 13.0. The van der Waals surface area contributed by atoms with E-state index in [1.807, 2.05) is 6.92 Å². The Labute approximate surface area is 234 Å². The Morgan fingerprint density at radius 1 is 1.07 bits per heavy atom. The molecule has 0 aliphatic carbocycles. The van der Waals surface area contributed by atoms with Gasteiger partial charge in [-0.1, -0.05) is 18.2 Å². The van der Waals surface area contributed by atoms with E-state index in [1.165, 1.54) is 17.0 Å². The topological polar surface area (TPSA) is 161 Å². The molecule has 11 nitrogen and oxygen atoms in total. The number of likely N-dealkylation sites (tertiary alicyclic amines) is 1. The number of nitrogens with zero attached hydrogens (tertiary/aromatic N) is 2. The highest BCUT2D eigenvalue weighted by molar-refractivity contribution is 7.93. The first-order chi connectivity index (χ1) is 18.7. The number of carbonyl (C=O) groups excluding carboxylic acids is 1. The summed E-state index contributed by atoms with van der Waals surface area (Å²) in [4.78, 5) is 16.7. The highest BCUT2D eigenvalue weighted by atomic mass is 32.2. The molecule has 1 amide bonds. The van der Waals surface area contributed by atoms with Gasteiger partial charge in [0.25, 0.3) is 0 Å². The molecule has 1 aromatic heterocycles. The molecule has 0 saturated carbocycles. The molecule has 1 aliphatic rings. The summed E-state index contributed by atoms with van der Waals surface area (Å²) in [6, 6.07) is 11.6. The normalized spacial score (nSPS) is 15.0. The van der Waals surface area contributed by atoms with E-state index in [0.717, 1.165) is 5.56 Å². The number of H-pyrrole nitrogens is 1. The average molecular weight is 588 g/mol. The Hall–Kier alpha value is -3.76. The number of hydrogen-bond acceptors (Lipinski definition) is 7. The van der Waals surface area contributed by atoms with E-state index in [1.54, 1.807) is 51.2 Å². The maximum absolute atomic E-state index is 13.0. The van der Waals surface area contributed by atoms with E-state index in [2.05, 4.69) is 20.5 Å². The molecule has 40 heavy (non-hydrogen) atoms. The number of fused-ring (bicyclic) bond motifs is 1. The minimum absolute atomic E-state index is 0.276. The van der Waals surface area contributed by atoms with Crippen molar-refractivity contribution in [3.05, 3.63) is 59.3 Å². The van der Waals surface area contributed by atoms with Gasteiger partial charge < -0.3 is 14.6 Å². The first-order valence-electron chi connectivity index (χ1n) is 12.8. The Kier molecular flexibility index (Phi) is 8.05. The molecule has 0 atom stereocenters. The monoisotopic (exact) mass is 587 g/mol. The van der Waals surface area contributed by atoms with E-state index in [-0.39, 0.29) is 31.7 Å². The van der Waals surface area contributed by atoms with Crippen LogP contribution in [-0.2, 0) is 30.5 Å². The Bertz CT molecular complexity index is 1660. The summed E-state index contributed by atoms with van der Waals surface area (Å²) >= 11 is 0. The molecule has 214 valence electrons. The van der Waals surface area contributed by atoms with Crippen LogP contribution < -0.4 is 9.44 Å². The van der Waals surface area contributed by atoms with E-state index in [9.17, 15) is 26.9 Å². The minimum atomic E-state index is -3.81. The number of aromatic nitrogens is 1. The third-order valence-corrected chi connectivity index (χ3v) is 9.65. The summed E-state index contributed by atoms with van der Waals surface area (Å²) in [7, 11) is -7.53. The largest absolute Gasteiger partial charge is 0.444 e.